The summed E-state index contributed by atoms with van der Waals surface area (Å²) in [6.45, 7) is 0.803. The Bertz CT molecular complexity index is 434. The quantitative estimate of drug-likeness (QED) is 0.725. The first-order valence-electron chi connectivity index (χ1n) is 5.42. The normalized spacial score (nSPS) is 16.3. The molecule has 1 aliphatic heterocycles. The van der Waals surface area contributed by atoms with Crippen LogP contribution in [-0.4, -0.2) is 37.4 Å². The minimum absolute atomic E-state index is 0.0000954. The van der Waals surface area contributed by atoms with Gasteiger partial charge in [-0.05, 0) is 12.1 Å². The number of benzene rings is 1. The minimum atomic E-state index is 0.0000954. The molecule has 1 saturated heterocycles. The van der Waals surface area contributed by atoms with Crippen LogP contribution in [0.1, 0.15) is 6.42 Å². The molecule has 1 amide bonds. The molecule has 0 aliphatic carbocycles. The molecule has 0 unspecified atom stereocenters. The van der Waals surface area contributed by atoms with Crippen molar-refractivity contribution in [3.8, 4) is 5.75 Å². The van der Waals surface area contributed by atoms with Crippen molar-refractivity contribution in [2.24, 2.45) is 0 Å². The van der Waals surface area contributed by atoms with E-state index in [9.17, 15) is 9.59 Å². The highest BCUT2D eigenvalue weighted by Gasteiger charge is 2.29. The molecule has 0 saturated carbocycles. The third-order valence-electron chi connectivity index (χ3n) is 2.69. The number of hydrazine groups is 1. The fraction of sp³-hybridized carbons (Fsp3) is 0.333. The topological polar surface area (TPSA) is 49.9 Å². The maximum absolute atomic E-state index is 11.8. The van der Waals surface area contributed by atoms with E-state index in [1.54, 1.807) is 18.2 Å². The fourth-order valence-electron chi connectivity index (χ4n) is 1.90. The van der Waals surface area contributed by atoms with Gasteiger partial charge in [-0.15, -0.1) is 0 Å². The lowest BCUT2D eigenvalue weighted by Gasteiger charge is -2.26. The lowest BCUT2D eigenvalue weighted by Crippen LogP contribution is -2.40. The van der Waals surface area contributed by atoms with Crippen LogP contribution in [0.2, 0.25) is 0 Å². The van der Waals surface area contributed by atoms with Gasteiger partial charge in [0.15, 0.2) is 0 Å². The van der Waals surface area contributed by atoms with Crippen molar-refractivity contribution in [2.45, 2.75) is 6.42 Å². The van der Waals surface area contributed by atoms with E-state index in [0.29, 0.717) is 18.7 Å². The van der Waals surface area contributed by atoms with Gasteiger partial charge in [-0.3, -0.25) is 4.79 Å². The van der Waals surface area contributed by atoms with Crippen molar-refractivity contribution in [2.75, 3.05) is 25.2 Å². The maximum atomic E-state index is 11.8. The van der Waals surface area contributed by atoms with Crippen LogP contribution in [0.15, 0.2) is 24.3 Å². The van der Waals surface area contributed by atoms with Gasteiger partial charge in [0, 0.05) is 19.0 Å². The average Bonchev–Trinajstić information content (AvgIpc) is 2.71. The molecule has 0 bridgehead atoms. The zero-order valence-corrected chi connectivity index (χ0v) is 9.63. The SMILES string of the molecule is COc1cccc(N2C(=O)CCN2CC=O)c1. The van der Waals surface area contributed by atoms with Crippen LogP contribution in [0.25, 0.3) is 0 Å². The Hall–Kier alpha value is -1.88. The minimum Gasteiger partial charge on any atom is -0.497 e. The molecule has 1 heterocycles. The summed E-state index contributed by atoms with van der Waals surface area (Å²) in [7, 11) is 1.58. The maximum Gasteiger partial charge on any atom is 0.242 e. The van der Waals surface area contributed by atoms with Crippen LogP contribution >= 0.6 is 0 Å². The number of carbonyl (C=O) groups excluding carboxylic acids is 2. The Morgan fingerprint density at radius 2 is 2.29 bits per heavy atom. The number of carbonyl (C=O) groups is 2. The highest BCUT2D eigenvalue weighted by Crippen LogP contribution is 2.25. The van der Waals surface area contributed by atoms with Gasteiger partial charge in [0.05, 0.1) is 19.3 Å². The van der Waals surface area contributed by atoms with E-state index in [1.165, 1.54) is 5.01 Å². The second kappa shape index (κ2) is 4.97. The zero-order chi connectivity index (χ0) is 12.3. The van der Waals surface area contributed by atoms with Gasteiger partial charge in [0.2, 0.25) is 5.91 Å². The summed E-state index contributed by atoms with van der Waals surface area (Å²) in [5, 5.41) is 3.26. The van der Waals surface area contributed by atoms with Gasteiger partial charge in [-0.25, -0.2) is 10.0 Å². The second-order valence-corrected chi connectivity index (χ2v) is 3.74. The Morgan fingerprint density at radius 3 is 3.00 bits per heavy atom. The van der Waals surface area contributed by atoms with E-state index in [0.717, 1.165) is 12.0 Å². The standard InChI is InChI=1S/C12H14N2O3/c1-17-11-4-2-3-10(9-11)14-12(16)5-6-13(14)7-8-15/h2-4,8-9H,5-7H2,1H3. The van der Waals surface area contributed by atoms with Crippen molar-refractivity contribution in [3.63, 3.8) is 0 Å². The number of ether oxygens (including phenoxy) is 1. The van der Waals surface area contributed by atoms with Crippen molar-refractivity contribution < 1.29 is 14.3 Å². The summed E-state index contributed by atoms with van der Waals surface area (Å²) in [6.07, 6.45) is 1.23. The molecule has 90 valence electrons. The predicted octanol–water partition coefficient (Wildman–Crippen LogP) is 0.848. The second-order valence-electron chi connectivity index (χ2n) is 3.74. The predicted molar refractivity (Wildman–Crippen MR) is 62.7 cm³/mol. The van der Waals surface area contributed by atoms with Crippen molar-refractivity contribution in [3.05, 3.63) is 24.3 Å². The first kappa shape index (κ1) is 11.6. The van der Waals surface area contributed by atoms with E-state index < -0.39 is 0 Å². The van der Waals surface area contributed by atoms with Gasteiger partial charge >= 0.3 is 0 Å². The van der Waals surface area contributed by atoms with E-state index in [4.69, 9.17) is 4.74 Å². The number of hydrogen-bond donors (Lipinski definition) is 0. The van der Waals surface area contributed by atoms with Crippen LogP contribution in [-0.2, 0) is 9.59 Å². The number of anilines is 1. The summed E-state index contributed by atoms with van der Waals surface area (Å²) < 4.78 is 5.12. The Labute approximate surface area is 99.5 Å². The van der Waals surface area contributed by atoms with Crippen LogP contribution in [0.4, 0.5) is 5.69 Å². The Kier molecular flexibility index (Phi) is 3.39. The third-order valence-corrected chi connectivity index (χ3v) is 2.69. The summed E-state index contributed by atoms with van der Waals surface area (Å²) in [5.41, 5.74) is 0.730. The summed E-state index contributed by atoms with van der Waals surface area (Å²) in [6, 6.07) is 7.23. The molecular formula is C12H14N2O3. The summed E-state index contributed by atoms with van der Waals surface area (Å²) in [5.74, 6) is 0.688. The zero-order valence-electron chi connectivity index (χ0n) is 9.63. The number of aldehydes is 1. The Morgan fingerprint density at radius 1 is 1.47 bits per heavy atom. The van der Waals surface area contributed by atoms with Gasteiger partial charge in [0.1, 0.15) is 12.0 Å². The van der Waals surface area contributed by atoms with Crippen LogP contribution < -0.4 is 9.75 Å². The third kappa shape index (κ3) is 2.29. The van der Waals surface area contributed by atoms with E-state index >= 15 is 0 Å². The molecule has 2 rings (SSSR count). The van der Waals surface area contributed by atoms with E-state index in [-0.39, 0.29) is 12.5 Å². The lowest BCUT2D eigenvalue weighted by atomic mass is 10.3. The first-order chi connectivity index (χ1) is 8.26. The molecule has 0 N–H and O–H groups in total. The van der Waals surface area contributed by atoms with Crippen molar-refractivity contribution in [1.29, 1.82) is 0 Å². The van der Waals surface area contributed by atoms with Gasteiger partial charge in [0.25, 0.3) is 0 Å². The van der Waals surface area contributed by atoms with E-state index in [2.05, 4.69) is 0 Å². The summed E-state index contributed by atoms with van der Waals surface area (Å²) >= 11 is 0. The van der Waals surface area contributed by atoms with Gasteiger partial charge in [-0.2, -0.15) is 0 Å². The first-order valence-corrected chi connectivity index (χ1v) is 5.42. The molecule has 1 aromatic rings. The molecule has 17 heavy (non-hydrogen) atoms. The smallest absolute Gasteiger partial charge is 0.242 e. The fourth-order valence-corrected chi connectivity index (χ4v) is 1.90. The number of rotatable bonds is 4. The largest absolute Gasteiger partial charge is 0.497 e. The number of hydrogen-bond acceptors (Lipinski definition) is 4. The van der Waals surface area contributed by atoms with Gasteiger partial charge in [-0.1, -0.05) is 6.07 Å². The van der Waals surface area contributed by atoms with Crippen LogP contribution in [0.5, 0.6) is 5.75 Å². The highest BCUT2D eigenvalue weighted by atomic mass is 16.5. The van der Waals surface area contributed by atoms with E-state index in [1.807, 2.05) is 18.2 Å². The molecule has 0 aromatic heterocycles. The molecule has 1 aromatic carbocycles. The molecule has 1 fully saturated rings. The number of methoxy groups -OCH3 is 1. The van der Waals surface area contributed by atoms with Crippen molar-refractivity contribution in [1.82, 2.24) is 5.01 Å². The molecule has 0 spiro atoms. The lowest BCUT2D eigenvalue weighted by molar-refractivity contribution is -0.118. The van der Waals surface area contributed by atoms with Crippen LogP contribution in [0.3, 0.4) is 0 Å². The van der Waals surface area contributed by atoms with Gasteiger partial charge < -0.3 is 9.53 Å². The van der Waals surface area contributed by atoms with Crippen molar-refractivity contribution >= 4 is 17.9 Å². The average molecular weight is 234 g/mol. The molecule has 1 aliphatic rings. The monoisotopic (exact) mass is 234 g/mol. The number of amides is 1. The highest BCUT2D eigenvalue weighted by molar-refractivity contribution is 5.94. The molecule has 0 atom stereocenters. The molecule has 5 nitrogen and oxygen atoms in total. The Balaban J connectivity index is 2.28. The molecule has 5 heteroatoms. The van der Waals surface area contributed by atoms with Crippen LogP contribution in [0, 0.1) is 0 Å². The summed E-state index contributed by atoms with van der Waals surface area (Å²) in [4.78, 5) is 22.4. The molecular weight excluding hydrogens is 220 g/mol. The molecule has 0 radical (unpaired) electrons. The number of nitrogens with zero attached hydrogens (tertiary/aromatic N) is 2.